The number of halogens is 2. The van der Waals surface area contributed by atoms with Crippen molar-refractivity contribution < 1.29 is 0 Å². The van der Waals surface area contributed by atoms with Crippen LogP contribution in [-0.4, -0.2) is 47.3 Å². The molecule has 4 aromatic rings. The van der Waals surface area contributed by atoms with Crippen molar-refractivity contribution in [2.45, 2.75) is 39.7 Å². The maximum absolute atomic E-state index is 13.5. The van der Waals surface area contributed by atoms with Crippen molar-refractivity contribution in [1.29, 1.82) is 0 Å². The van der Waals surface area contributed by atoms with E-state index in [2.05, 4.69) is 46.2 Å². The van der Waals surface area contributed by atoms with Crippen LogP contribution in [0.3, 0.4) is 0 Å². The quantitative estimate of drug-likeness (QED) is 0.205. The molecule has 1 fully saturated rings. The molecule has 1 aliphatic heterocycles. The molecule has 0 bridgehead atoms. The predicted molar refractivity (Wildman–Crippen MR) is 157 cm³/mol. The number of benzene rings is 1. The molecule has 0 atom stereocenters. The Morgan fingerprint density at radius 1 is 1.11 bits per heavy atom. The van der Waals surface area contributed by atoms with E-state index in [1.165, 1.54) is 12.8 Å². The van der Waals surface area contributed by atoms with Crippen LogP contribution in [0.5, 0.6) is 0 Å². The molecule has 10 heteroatoms. The van der Waals surface area contributed by atoms with Gasteiger partial charge in [-0.3, -0.25) is 14.3 Å². The van der Waals surface area contributed by atoms with Crippen molar-refractivity contribution in [2.75, 3.05) is 25.0 Å². The van der Waals surface area contributed by atoms with Crippen LogP contribution in [0.2, 0.25) is 5.02 Å². The fourth-order valence-electron chi connectivity index (χ4n) is 4.80. The Hall–Kier alpha value is -2.63. The summed E-state index contributed by atoms with van der Waals surface area (Å²) in [6, 6.07) is 7.44. The summed E-state index contributed by atoms with van der Waals surface area (Å²) in [6.07, 6.45) is 8.73. The van der Waals surface area contributed by atoms with Gasteiger partial charge < -0.3 is 5.32 Å². The monoisotopic (exact) mass is 629 g/mol. The van der Waals surface area contributed by atoms with Gasteiger partial charge in [0.05, 0.1) is 17.6 Å². The number of hydrogen-bond acceptors (Lipinski definition) is 7. The van der Waals surface area contributed by atoms with E-state index in [0.29, 0.717) is 34.3 Å². The number of pyridine rings is 1. The first kappa shape index (κ1) is 26.0. The smallest absolute Gasteiger partial charge is 0.260 e. The molecule has 0 saturated carbocycles. The Labute approximate surface area is 235 Å². The number of nitrogens with one attached hydrogen (secondary N) is 1. The van der Waals surface area contributed by atoms with Crippen LogP contribution in [0, 0.1) is 12.8 Å². The Morgan fingerprint density at radius 2 is 1.92 bits per heavy atom. The SMILES string of the molecule is CCn1c(=O)c(-c2ccc(-c3cncc(C)n3)cc2Cl)cc2cnc(NCCC3CCN(I)CC3)nc21. The average molecular weight is 630 g/mol. The van der Waals surface area contributed by atoms with E-state index in [9.17, 15) is 4.79 Å². The van der Waals surface area contributed by atoms with E-state index in [-0.39, 0.29) is 5.56 Å². The molecule has 3 aromatic heterocycles. The summed E-state index contributed by atoms with van der Waals surface area (Å²) in [5, 5.41) is 4.63. The zero-order valence-electron chi connectivity index (χ0n) is 20.9. The molecule has 0 spiro atoms. The molecular formula is C27H29ClIN7O. The Bertz CT molecular complexity index is 1480. The number of rotatable bonds is 7. The second-order valence-corrected chi connectivity index (χ2v) is 11.2. The van der Waals surface area contributed by atoms with E-state index in [1.807, 2.05) is 38.1 Å². The molecule has 1 aromatic carbocycles. The number of aryl methyl sites for hydroxylation is 2. The largest absolute Gasteiger partial charge is 0.354 e. The lowest BCUT2D eigenvalue weighted by atomic mass is 9.95. The fraction of sp³-hybridized carbons (Fsp3) is 0.370. The van der Waals surface area contributed by atoms with Crippen LogP contribution in [0.1, 0.15) is 31.9 Å². The van der Waals surface area contributed by atoms with Gasteiger partial charge >= 0.3 is 0 Å². The van der Waals surface area contributed by atoms with E-state index in [1.54, 1.807) is 23.2 Å². The van der Waals surface area contributed by atoms with Gasteiger partial charge in [-0.15, -0.1) is 0 Å². The normalized spacial score (nSPS) is 14.8. The van der Waals surface area contributed by atoms with Crippen molar-refractivity contribution >= 4 is 51.4 Å². The molecular weight excluding hydrogens is 601 g/mol. The maximum atomic E-state index is 13.5. The highest BCUT2D eigenvalue weighted by atomic mass is 127. The Kier molecular flexibility index (Phi) is 8.01. The zero-order valence-corrected chi connectivity index (χ0v) is 23.8. The number of anilines is 1. The van der Waals surface area contributed by atoms with Gasteiger partial charge in [0, 0.05) is 88.5 Å². The third kappa shape index (κ3) is 5.78. The first-order valence-electron chi connectivity index (χ1n) is 12.6. The molecule has 0 unspecified atom stereocenters. The molecule has 0 aliphatic carbocycles. The van der Waals surface area contributed by atoms with Crippen LogP contribution in [0.4, 0.5) is 5.95 Å². The van der Waals surface area contributed by atoms with Crippen LogP contribution in [0.15, 0.2) is 47.7 Å². The van der Waals surface area contributed by atoms with Crippen molar-refractivity contribution in [3.05, 3.63) is 63.9 Å². The molecule has 1 aliphatic rings. The summed E-state index contributed by atoms with van der Waals surface area (Å²) in [6.45, 7) is 7.45. The van der Waals surface area contributed by atoms with Gasteiger partial charge in [-0.1, -0.05) is 23.7 Å². The fourth-order valence-corrected chi connectivity index (χ4v) is 5.64. The first-order valence-corrected chi connectivity index (χ1v) is 13.9. The lowest BCUT2D eigenvalue weighted by molar-refractivity contribution is 0.299. The lowest BCUT2D eigenvalue weighted by Crippen LogP contribution is -2.27. The van der Waals surface area contributed by atoms with Gasteiger partial charge in [0.15, 0.2) is 0 Å². The molecule has 4 heterocycles. The number of hydrogen-bond donors (Lipinski definition) is 1. The van der Waals surface area contributed by atoms with Crippen molar-refractivity contribution in [3.8, 4) is 22.4 Å². The van der Waals surface area contributed by atoms with Gasteiger partial charge in [0.2, 0.25) is 5.95 Å². The van der Waals surface area contributed by atoms with Crippen LogP contribution >= 0.6 is 34.5 Å². The van der Waals surface area contributed by atoms with Gasteiger partial charge in [0.25, 0.3) is 5.56 Å². The van der Waals surface area contributed by atoms with E-state index in [4.69, 9.17) is 16.6 Å². The second kappa shape index (κ2) is 11.4. The van der Waals surface area contributed by atoms with E-state index >= 15 is 0 Å². The number of piperidine rings is 1. The molecule has 0 amide bonds. The summed E-state index contributed by atoms with van der Waals surface area (Å²) >= 11 is 9.09. The number of fused-ring (bicyclic) bond motifs is 1. The standard InChI is InChI=1S/C27H29ClIN7O/c1-3-36-25-20(15-32-27(34-25)31-9-6-18-7-10-35(29)11-8-18)12-22(26(36)37)21-5-4-19(13-23(21)28)24-16-30-14-17(2)33-24/h4-5,12-16,18H,3,6-11H2,1-2H3,(H,31,32,34). The summed E-state index contributed by atoms with van der Waals surface area (Å²) < 4.78 is 4.04. The molecule has 8 nitrogen and oxygen atoms in total. The van der Waals surface area contributed by atoms with Gasteiger partial charge in [-0.2, -0.15) is 4.98 Å². The van der Waals surface area contributed by atoms with Gasteiger partial charge in [0.1, 0.15) is 5.65 Å². The van der Waals surface area contributed by atoms with Gasteiger partial charge in [-0.25, -0.2) is 13.1 Å². The van der Waals surface area contributed by atoms with Crippen molar-refractivity contribution in [2.24, 2.45) is 5.92 Å². The molecule has 0 radical (unpaired) electrons. The average Bonchev–Trinajstić information content (AvgIpc) is 2.90. The topological polar surface area (TPSA) is 88.8 Å². The maximum Gasteiger partial charge on any atom is 0.260 e. The third-order valence-electron chi connectivity index (χ3n) is 6.85. The first-order chi connectivity index (χ1) is 17.9. The third-order valence-corrected chi connectivity index (χ3v) is 8.13. The molecule has 192 valence electrons. The lowest BCUT2D eigenvalue weighted by Gasteiger charge is -2.27. The Balaban J connectivity index is 1.41. The van der Waals surface area contributed by atoms with E-state index < -0.39 is 0 Å². The number of aromatic nitrogens is 5. The summed E-state index contributed by atoms with van der Waals surface area (Å²) in [4.78, 5) is 31.5. The second-order valence-electron chi connectivity index (χ2n) is 9.39. The Morgan fingerprint density at radius 3 is 2.65 bits per heavy atom. The van der Waals surface area contributed by atoms with Gasteiger partial charge in [-0.05, 0) is 51.2 Å². The molecule has 1 saturated heterocycles. The predicted octanol–water partition coefficient (Wildman–Crippen LogP) is 5.76. The highest BCUT2D eigenvalue weighted by molar-refractivity contribution is 14.1. The minimum absolute atomic E-state index is 0.129. The van der Waals surface area contributed by atoms with Crippen molar-refractivity contribution in [3.63, 3.8) is 0 Å². The van der Waals surface area contributed by atoms with Crippen molar-refractivity contribution in [1.82, 2.24) is 27.6 Å². The van der Waals surface area contributed by atoms with E-state index in [0.717, 1.165) is 54.3 Å². The molecule has 37 heavy (non-hydrogen) atoms. The minimum Gasteiger partial charge on any atom is -0.354 e. The highest BCUT2D eigenvalue weighted by Crippen LogP contribution is 2.31. The molecule has 5 rings (SSSR count). The zero-order chi connectivity index (χ0) is 25.9. The van der Waals surface area contributed by atoms with Crippen LogP contribution in [-0.2, 0) is 6.54 Å². The summed E-state index contributed by atoms with van der Waals surface area (Å²) in [7, 11) is 0. The van der Waals surface area contributed by atoms with Crippen LogP contribution < -0.4 is 10.9 Å². The number of nitrogens with zero attached hydrogens (tertiary/aromatic N) is 6. The molecule has 1 N–H and O–H groups in total. The summed E-state index contributed by atoms with van der Waals surface area (Å²) in [5.74, 6) is 1.28. The highest BCUT2D eigenvalue weighted by Gasteiger charge is 2.18. The minimum atomic E-state index is -0.129. The van der Waals surface area contributed by atoms with Crippen LogP contribution in [0.25, 0.3) is 33.4 Å². The summed E-state index contributed by atoms with van der Waals surface area (Å²) in [5.41, 5.74) is 4.09.